The summed E-state index contributed by atoms with van der Waals surface area (Å²) in [5, 5.41) is 3.71. The first-order valence-electron chi connectivity index (χ1n) is 10.4. The molecule has 1 saturated heterocycles. The Kier molecular flexibility index (Phi) is 5.33. The van der Waals surface area contributed by atoms with E-state index >= 15 is 0 Å². The number of rotatable bonds is 5. The maximum Gasteiger partial charge on any atom is 0.275 e. The van der Waals surface area contributed by atoms with Crippen LogP contribution in [-0.2, 0) is 6.54 Å². The van der Waals surface area contributed by atoms with E-state index in [4.69, 9.17) is 0 Å². The highest BCUT2D eigenvalue weighted by Gasteiger charge is 2.14. The number of hydrogen-bond acceptors (Lipinski definition) is 6. The summed E-state index contributed by atoms with van der Waals surface area (Å²) >= 11 is 0. The number of aromatic nitrogens is 4. The maximum absolute atomic E-state index is 12.7. The second-order valence-electron chi connectivity index (χ2n) is 7.68. The lowest BCUT2D eigenvalue weighted by Crippen LogP contribution is -2.18. The van der Waals surface area contributed by atoms with E-state index in [1.807, 2.05) is 36.7 Å². The molecule has 0 spiro atoms. The summed E-state index contributed by atoms with van der Waals surface area (Å²) in [7, 11) is 0. The fourth-order valence-corrected chi connectivity index (χ4v) is 3.97. The minimum absolute atomic E-state index is 0.321. The Morgan fingerprint density at radius 2 is 1.90 bits per heavy atom. The third-order valence-corrected chi connectivity index (χ3v) is 5.47. The highest BCUT2D eigenvalue weighted by atomic mass is 16.1. The van der Waals surface area contributed by atoms with Crippen LogP contribution < -0.4 is 5.32 Å². The van der Waals surface area contributed by atoms with Gasteiger partial charge in [-0.25, -0.2) is 9.97 Å². The topological polar surface area (TPSA) is 83.9 Å². The Bertz CT molecular complexity index is 1220. The summed E-state index contributed by atoms with van der Waals surface area (Å²) in [5.41, 5.74) is 4.25. The van der Waals surface area contributed by atoms with Gasteiger partial charge in [-0.3, -0.25) is 19.7 Å². The van der Waals surface area contributed by atoms with E-state index in [2.05, 4.69) is 36.2 Å². The van der Waals surface area contributed by atoms with E-state index in [0.717, 1.165) is 41.7 Å². The average Bonchev–Trinajstić information content (AvgIpc) is 3.32. The van der Waals surface area contributed by atoms with Gasteiger partial charge < -0.3 is 5.32 Å². The molecule has 0 unspecified atom stereocenters. The zero-order chi connectivity index (χ0) is 21.0. The first kappa shape index (κ1) is 19.3. The third kappa shape index (κ3) is 4.27. The minimum Gasteiger partial charge on any atom is -0.304 e. The summed E-state index contributed by atoms with van der Waals surface area (Å²) in [6.07, 6.45) is 10.9. The second kappa shape index (κ2) is 8.57. The van der Waals surface area contributed by atoms with E-state index in [9.17, 15) is 4.79 Å². The number of amides is 1. The molecule has 0 saturated carbocycles. The predicted octanol–water partition coefficient (Wildman–Crippen LogP) is 3.93. The molecule has 1 aromatic carbocycles. The van der Waals surface area contributed by atoms with Crippen LogP contribution in [0.4, 0.5) is 5.82 Å². The van der Waals surface area contributed by atoms with Gasteiger partial charge in [-0.1, -0.05) is 24.3 Å². The number of hydrogen-bond donors (Lipinski definition) is 1. The van der Waals surface area contributed by atoms with Crippen molar-refractivity contribution in [3.05, 3.63) is 78.6 Å². The summed E-state index contributed by atoms with van der Waals surface area (Å²) in [5.74, 6) is 0.0691. The molecule has 31 heavy (non-hydrogen) atoms. The molecular weight excluding hydrogens is 388 g/mol. The van der Waals surface area contributed by atoms with Crippen molar-refractivity contribution in [1.82, 2.24) is 24.8 Å². The highest BCUT2D eigenvalue weighted by molar-refractivity contribution is 6.04. The van der Waals surface area contributed by atoms with Crippen LogP contribution in [0.1, 0.15) is 28.9 Å². The summed E-state index contributed by atoms with van der Waals surface area (Å²) in [6, 6.07) is 11.8. The molecular formula is C24H22N6O. The second-order valence-corrected chi connectivity index (χ2v) is 7.68. The number of pyridine rings is 2. The Hall–Kier alpha value is -3.71. The monoisotopic (exact) mass is 410 g/mol. The summed E-state index contributed by atoms with van der Waals surface area (Å²) in [6.45, 7) is 3.19. The van der Waals surface area contributed by atoms with Gasteiger partial charge in [0, 0.05) is 47.8 Å². The molecule has 1 amide bonds. The fraction of sp³-hybridized carbons (Fsp3) is 0.208. The molecule has 1 N–H and O–H groups in total. The van der Waals surface area contributed by atoms with E-state index in [0.29, 0.717) is 11.5 Å². The van der Waals surface area contributed by atoms with Crippen LogP contribution in [0.25, 0.3) is 22.0 Å². The summed E-state index contributed by atoms with van der Waals surface area (Å²) < 4.78 is 0. The molecule has 1 aliphatic heterocycles. The largest absolute Gasteiger partial charge is 0.304 e. The molecule has 0 aliphatic carbocycles. The van der Waals surface area contributed by atoms with Gasteiger partial charge in [0.1, 0.15) is 5.69 Å². The van der Waals surface area contributed by atoms with Crippen LogP contribution in [0.5, 0.6) is 0 Å². The number of carbonyl (C=O) groups is 1. The van der Waals surface area contributed by atoms with Crippen molar-refractivity contribution >= 4 is 22.6 Å². The van der Waals surface area contributed by atoms with Crippen molar-refractivity contribution in [3.8, 4) is 11.1 Å². The van der Waals surface area contributed by atoms with Crippen molar-refractivity contribution in [3.63, 3.8) is 0 Å². The van der Waals surface area contributed by atoms with Crippen molar-refractivity contribution < 1.29 is 4.79 Å². The number of carbonyl (C=O) groups excluding carboxylic acids is 1. The molecule has 3 aromatic heterocycles. The molecule has 0 atom stereocenters. The Morgan fingerprint density at radius 3 is 2.74 bits per heavy atom. The number of likely N-dealkylation sites (tertiary alicyclic amines) is 1. The number of fused-ring (bicyclic) bond motifs is 1. The van der Waals surface area contributed by atoms with E-state index in [1.54, 1.807) is 12.3 Å². The standard InChI is InChI=1S/C24H22N6O/c31-24(29-22-15-25-8-9-27-22)21-7-6-18-4-3-5-20(23(18)28-21)19-12-17(13-26-14-19)16-30-10-1-2-11-30/h3-9,12-15H,1-2,10-11,16H2,(H,27,29,31). The van der Waals surface area contributed by atoms with Crippen LogP contribution in [0.3, 0.4) is 0 Å². The van der Waals surface area contributed by atoms with Gasteiger partial charge in [-0.15, -0.1) is 0 Å². The number of benzene rings is 1. The van der Waals surface area contributed by atoms with Crippen molar-refractivity contribution in [1.29, 1.82) is 0 Å². The normalized spacial score (nSPS) is 14.1. The molecule has 7 nitrogen and oxygen atoms in total. The third-order valence-electron chi connectivity index (χ3n) is 5.47. The fourth-order valence-electron chi connectivity index (χ4n) is 3.97. The quantitative estimate of drug-likeness (QED) is 0.537. The van der Waals surface area contributed by atoms with Gasteiger partial charge in [0.15, 0.2) is 5.82 Å². The van der Waals surface area contributed by atoms with Gasteiger partial charge in [0.25, 0.3) is 5.91 Å². The molecule has 4 aromatic rings. The van der Waals surface area contributed by atoms with Gasteiger partial charge in [0.2, 0.25) is 0 Å². The molecule has 7 heteroatoms. The molecule has 1 aliphatic rings. The Balaban J connectivity index is 1.48. The Morgan fingerprint density at radius 1 is 1.00 bits per heavy atom. The van der Waals surface area contributed by atoms with Crippen LogP contribution in [0.15, 0.2) is 67.4 Å². The SMILES string of the molecule is O=C(Nc1cnccn1)c1ccc2cccc(-c3cncc(CN4CCCC4)c3)c2n1. The van der Waals surface area contributed by atoms with E-state index < -0.39 is 0 Å². The number of nitrogens with one attached hydrogen (secondary N) is 1. The summed E-state index contributed by atoms with van der Waals surface area (Å²) in [4.78, 5) is 32.4. The highest BCUT2D eigenvalue weighted by Crippen LogP contribution is 2.28. The van der Waals surface area contributed by atoms with Crippen molar-refractivity contribution in [2.45, 2.75) is 19.4 Å². The van der Waals surface area contributed by atoms with Crippen LogP contribution >= 0.6 is 0 Å². The lowest BCUT2D eigenvalue weighted by atomic mass is 10.0. The molecule has 0 bridgehead atoms. The van der Waals surface area contributed by atoms with Gasteiger partial charge in [-0.05, 0) is 43.6 Å². The predicted molar refractivity (Wildman–Crippen MR) is 119 cm³/mol. The minimum atomic E-state index is -0.321. The van der Waals surface area contributed by atoms with Crippen molar-refractivity contribution in [2.24, 2.45) is 0 Å². The number of anilines is 1. The first-order valence-corrected chi connectivity index (χ1v) is 10.4. The lowest BCUT2D eigenvalue weighted by Gasteiger charge is -2.15. The molecule has 5 rings (SSSR count). The zero-order valence-electron chi connectivity index (χ0n) is 17.0. The molecule has 1 fully saturated rings. The van der Waals surface area contributed by atoms with Crippen LogP contribution in [0, 0.1) is 0 Å². The Labute approximate surface area is 180 Å². The maximum atomic E-state index is 12.7. The van der Waals surface area contributed by atoms with Gasteiger partial charge in [-0.2, -0.15) is 0 Å². The lowest BCUT2D eigenvalue weighted by molar-refractivity contribution is 0.102. The van der Waals surface area contributed by atoms with Crippen molar-refractivity contribution in [2.75, 3.05) is 18.4 Å². The first-order chi connectivity index (χ1) is 15.3. The number of nitrogens with zero attached hydrogens (tertiary/aromatic N) is 5. The van der Waals surface area contributed by atoms with Gasteiger partial charge in [0.05, 0.1) is 11.7 Å². The van der Waals surface area contributed by atoms with Gasteiger partial charge >= 0.3 is 0 Å². The van der Waals surface area contributed by atoms with E-state index in [1.165, 1.54) is 30.8 Å². The smallest absolute Gasteiger partial charge is 0.275 e. The van der Waals surface area contributed by atoms with Crippen LogP contribution in [-0.4, -0.2) is 43.8 Å². The molecule has 154 valence electrons. The average molecular weight is 410 g/mol. The number of para-hydroxylation sites is 1. The van der Waals surface area contributed by atoms with E-state index in [-0.39, 0.29) is 5.91 Å². The van der Waals surface area contributed by atoms with Crippen LogP contribution in [0.2, 0.25) is 0 Å². The molecule has 4 heterocycles. The zero-order valence-corrected chi connectivity index (χ0v) is 17.0. The molecule has 0 radical (unpaired) electrons.